The maximum absolute atomic E-state index is 5.33. The number of hydrogen-bond acceptors (Lipinski definition) is 3. The second kappa shape index (κ2) is 12.2. The van der Waals surface area contributed by atoms with Crippen molar-refractivity contribution < 1.29 is 0 Å². The van der Waals surface area contributed by atoms with Gasteiger partial charge in [0, 0.05) is 36.9 Å². The molecule has 51 heavy (non-hydrogen) atoms. The highest BCUT2D eigenvalue weighted by Crippen LogP contribution is 2.44. The lowest BCUT2D eigenvalue weighted by molar-refractivity contribution is 1.19. The third-order valence-electron chi connectivity index (χ3n) is 9.92. The molecule has 0 radical (unpaired) electrons. The molecule has 0 aliphatic heterocycles. The molecule has 3 heteroatoms. The van der Waals surface area contributed by atoms with E-state index in [1.54, 1.807) is 0 Å². The van der Waals surface area contributed by atoms with Gasteiger partial charge >= 0.3 is 0 Å². The van der Waals surface area contributed by atoms with Crippen molar-refractivity contribution in [2.45, 2.75) is 0 Å². The lowest BCUT2D eigenvalue weighted by Gasteiger charge is -2.17. The van der Waals surface area contributed by atoms with E-state index in [9.17, 15) is 0 Å². The van der Waals surface area contributed by atoms with Crippen LogP contribution in [0.15, 0.2) is 182 Å². The van der Waals surface area contributed by atoms with Crippen molar-refractivity contribution in [1.82, 2.24) is 9.97 Å². The van der Waals surface area contributed by atoms with Gasteiger partial charge in [-0.25, -0.2) is 9.97 Å². The highest BCUT2D eigenvalue weighted by Gasteiger charge is 2.19. The fourth-order valence-electron chi connectivity index (χ4n) is 7.59. The molecule has 0 aliphatic rings. The molecule has 0 bridgehead atoms. The van der Waals surface area contributed by atoms with Gasteiger partial charge in [-0.2, -0.15) is 0 Å². The molecule has 10 rings (SSSR count). The Hall–Kier alpha value is -6.42. The maximum Gasteiger partial charge on any atom is 0.160 e. The Kier molecular flexibility index (Phi) is 7.04. The van der Waals surface area contributed by atoms with Crippen molar-refractivity contribution in [2.75, 3.05) is 0 Å². The van der Waals surface area contributed by atoms with E-state index >= 15 is 0 Å². The first kappa shape index (κ1) is 29.5. The molecule has 0 atom stereocenters. The normalized spacial score (nSPS) is 11.5. The zero-order valence-electron chi connectivity index (χ0n) is 27.6. The van der Waals surface area contributed by atoms with Crippen LogP contribution in [0.5, 0.6) is 0 Å². The van der Waals surface area contributed by atoms with Gasteiger partial charge in [0.2, 0.25) is 0 Å². The molecule has 0 saturated carbocycles. The van der Waals surface area contributed by atoms with E-state index in [-0.39, 0.29) is 0 Å². The Labute approximate surface area is 300 Å². The summed E-state index contributed by atoms with van der Waals surface area (Å²) >= 11 is 1.86. The monoisotopic (exact) mass is 666 g/mol. The Morgan fingerprint density at radius 2 is 0.941 bits per heavy atom. The molecule has 0 saturated heterocycles. The average Bonchev–Trinajstić information content (AvgIpc) is 3.60. The van der Waals surface area contributed by atoms with E-state index in [2.05, 4.69) is 176 Å². The predicted octanol–water partition coefficient (Wildman–Crippen LogP) is 13.5. The molecule has 0 spiro atoms. The standard InChI is InChI=1S/C48H30N2S/c1-3-14-31(15-4-1)35-27-26-32-16-7-8-19-34(32)46(35)43-30-42(49-48(50-43)33-17-5-2-6-18-33)39-29-28-38(36-20-9-10-21-37(36)39)40-23-13-25-45-47(40)41-22-11-12-24-44(41)51-45/h1-30H. The van der Waals surface area contributed by atoms with E-state index in [4.69, 9.17) is 9.97 Å². The van der Waals surface area contributed by atoms with Crippen LogP contribution in [0.4, 0.5) is 0 Å². The van der Waals surface area contributed by atoms with Crippen molar-refractivity contribution in [3.05, 3.63) is 182 Å². The largest absolute Gasteiger partial charge is 0.228 e. The molecule has 2 aromatic heterocycles. The molecule has 2 nitrogen and oxygen atoms in total. The van der Waals surface area contributed by atoms with E-state index in [1.807, 2.05) is 17.4 Å². The van der Waals surface area contributed by atoms with Gasteiger partial charge in [-0.15, -0.1) is 11.3 Å². The van der Waals surface area contributed by atoms with Crippen LogP contribution in [0.25, 0.3) is 97.9 Å². The topological polar surface area (TPSA) is 25.8 Å². The Balaban J connectivity index is 1.24. The fourth-order valence-corrected chi connectivity index (χ4v) is 8.72. The van der Waals surface area contributed by atoms with Gasteiger partial charge in [-0.3, -0.25) is 0 Å². The SMILES string of the molecule is c1ccc(-c2nc(-c3c(-c4ccccc4)ccc4ccccc34)cc(-c3ccc(-c4cccc5sc6ccccc6c45)c4ccccc34)n2)cc1. The second-order valence-electron chi connectivity index (χ2n) is 12.9. The molecular weight excluding hydrogens is 637 g/mol. The van der Waals surface area contributed by atoms with Gasteiger partial charge in [0.05, 0.1) is 11.4 Å². The summed E-state index contributed by atoms with van der Waals surface area (Å²) in [7, 11) is 0. The Bertz CT molecular complexity index is 2910. The van der Waals surface area contributed by atoms with E-state index in [0.29, 0.717) is 5.82 Å². The second-order valence-corrected chi connectivity index (χ2v) is 14.0. The highest BCUT2D eigenvalue weighted by atomic mass is 32.1. The van der Waals surface area contributed by atoms with E-state index in [1.165, 1.54) is 47.5 Å². The average molecular weight is 667 g/mol. The third kappa shape index (κ3) is 5.01. The maximum atomic E-state index is 5.33. The summed E-state index contributed by atoms with van der Waals surface area (Å²) in [6, 6.07) is 64.9. The lowest BCUT2D eigenvalue weighted by Crippen LogP contribution is -1.98. The number of fused-ring (bicyclic) bond motifs is 5. The van der Waals surface area contributed by atoms with Crippen LogP contribution in [0.3, 0.4) is 0 Å². The van der Waals surface area contributed by atoms with Crippen molar-refractivity contribution in [2.24, 2.45) is 0 Å². The quantitative estimate of drug-likeness (QED) is 0.183. The van der Waals surface area contributed by atoms with Crippen LogP contribution < -0.4 is 0 Å². The number of rotatable bonds is 5. The summed E-state index contributed by atoms with van der Waals surface area (Å²) in [6.07, 6.45) is 0. The summed E-state index contributed by atoms with van der Waals surface area (Å²) in [5.41, 5.74) is 9.75. The van der Waals surface area contributed by atoms with Gasteiger partial charge in [0.15, 0.2) is 5.82 Å². The van der Waals surface area contributed by atoms with Crippen LogP contribution in [0.2, 0.25) is 0 Å². The fraction of sp³-hybridized carbons (Fsp3) is 0. The van der Waals surface area contributed by atoms with Gasteiger partial charge in [-0.1, -0.05) is 164 Å². The van der Waals surface area contributed by atoms with Crippen LogP contribution in [-0.2, 0) is 0 Å². The smallest absolute Gasteiger partial charge is 0.160 e. The zero-order valence-corrected chi connectivity index (χ0v) is 28.4. The summed E-state index contributed by atoms with van der Waals surface area (Å²) < 4.78 is 2.62. The molecule has 2 heterocycles. The van der Waals surface area contributed by atoms with Crippen molar-refractivity contribution in [3.63, 3.8) is 0 Å². The van der Waals surface area contributed by atoms with Crippen LogP contribution in [-0.4, -0.2) is 9.97 Å². The number of nitrogens with zero attached hydrogens (tertiary/aromatic N) is 2. The van der Waals surface area contributed by atoms with E-state index < -0.39 is 0 Å². The minimum Gasteiger partial charge on any atom is -0.228 e. The van der Waals surface area contributed by atoms with Crippen LogP contribution in [0.1, 0.15) is 0 Å². The van der Waals surface area contributed by atoms with Crippen LogP contribution in [0, 0.1) is 0 Å². The molecule has 238 valence electrons. The summed E-state index contributed by atoms with van der Waals surface area (Å²) in [5, 5.41) is 7.33. The first-order valence-corrected chi connectivity index (χ1v) is 18.1. The predicted molar refractivity (Wildman–Crippen MR) is 217 cm³/mol. The molecule has 0 aliphatic carbocycles. The summed E-state index contributed by atoms with van der Waals surface area (Å²) in [4.78, 5) is 10.6. The Morgan fingerprint density at radius 1 is 0.353 bits per heavy atom. The molecule has 8 aromatic carbocycles. The molecule has 0 N–H and O–H groups in total. The van der Waals surface area contributed by atoms with Crippen molar-refractivity contribution in [1.29, 1.82) is 0 Å². The van der Waals surface area contributed by atoms with Gasteiger partial charge < -0.3 is 0 Å². The zero-order chi connectivity index (χ0) is 33.7. The summed E-state index contributed by atoms with van der Waals surface area (Å²) in [5.74, 6) is 0.706. The van der Waals surface area contributed by atoms with Gasteiger partial charge in [0.25, 0.3) is 0 Å². The first-order valence-electron chi connectivity index (χ1n) is 17.2. The number of thiophene rings is 1. The number of benzene rings is 8. The Morgan fingerprint density at radius 3 is 1.75 bits per heavy atom. The van der Waals surface area contributed by atoms with Crippen molar-refractivity contribution in [3.8, 4) is 56.2 Å². The third-order valence-corrected chi connectivity index (χ3v) is 11.1. The van der Waals surface area contributed by atoms with Crippen molar-refractivity contribution >= 4 is 53.1 Å². The molecule has 0 unspecified atom stereocenters. The van der Waals surface area contributed by atoms with Gasteiger partial charge in [0.1, 0.15) is 0 Å². The molecule has 0 amide bonds. The highest BCUT2D eigenvalue weighted by molar-refractivity contribution is 7.25. The van der Waals surface area contributed by atoms with Gasteiger partial charge in [-0.05, 0) is 62.0 Å². The summed E-state index contributed by atoms with van der Waals surface area (Å²) in [6.45, 7) is 0. The first-order chi connectivity index (χ1) is 25.3. The molecule has 10 aromatic rings. The van der Waals surface area contributed by atoms with Crippen LogP contribution >= 0.6 is 11.3 Å². The minimum absolute atomic E-state index is 0.706. The molecule has 0 fully saturated rings. The number of hydrogen-bond donors (Lipinski definition) is 0. The lowest BCUT2D eigenvalue weighted by atomic mass is 9.90. The number of aromatic nitrogens is 2. The molecular formula is C48H30N2S. The minimum atomic E-state index is 0.706. The van der Waals surface area contributed by atoms with E-state index in [0.717, 1.165) is 44.6 Å².